The van der Waals surface area contributed by atoms with Crippen LogP contribution in [0.4, 0.5) is 0 Å². The Balaban J connectivity index is 2.01. The highest BCUT2D eigenvalue weighted by Gasteiger charge is 2.37. The van der Waals surface area contributed by atoms with Crippen LogP contribution in [0.25, 0.3) is 0 Å². The highest BCUT2D eigenvalue weighted by Crippen LogP contribution is 2.47. The number of methoxy groups -OCH3 is 1. The average molecular weight is 257 g/mol. The first-order valence-corrected chi connectivity index (χ1v) is 7.06. The van der Waals surface area contributed by atoms with Gasteiger partial charge in [0.1, 0.15) is 5.75 Å². The number of aliphatic imine (C=N–C) groups is 1. The van der Waals surface area contributed by atoms with Crippen LogP contribution in [-0.4, -0.2) is 13.2 Å². The van der Waals surface area contributed by atoms with Crippen molar-refractivity contribution in [3.8, 4) is 5.75 Å². The minimum Gasteiger partial charge on any atom is -0.496 e. The number of hydrogen-bond acceptors (Lipinski definition) is 3. The first-order valence-electron chi connectivity index (χ1n) is 7.06. The molecule has 0 N–H and O–H groups in total. The first-order chi connectivity index (χ1) is 9.29. The predicted octanol–water partition coefficient (Wildman–Crippen LogP) is 3.68. The molecule has 0 saturated heterocycles. The minimum atomic E-state index is -0.350. The molecule has 2 saturated carbocycles. The Morgan fingerprint density at radius 3 is 2.63 bits per heavy atom. The summed E-state index contributed by atoms with van der Waals surface area (Å²) >= 11 is 0. The number of rotatable bonds is 4. The molecule has 2 aliphatic carbocycles. The lowest BCUT2D eigenvalue weighted by Crippen LogP contribution is -2.19. The van der Waals surface area contributed by atoms with E-state index in [1.165, 1.54) is 18.4 Å². The minimum absolute atomic E-state index is 0.350. The molecule has 2 fully saturated rings. The van der Waals surface area contributed by atoms with E-state index < -0.39 is 0 Å². The zero-order valence-electron chi connectivity index (χ0n) is 11.3. The normalized spacial score (nSPS) is 20.9. The van der Waals surface area contributed by atoms with Crippen LogP contribution < -0.4 is 4.74 Å². The molecule has 0 radical (unpaired) electrons. The zero-order valence-corrected chi connectivity index (χ0v) is 11.3. The number of benzene rings is 1. The average Bonchev–Trinajstić information content (AvgIpc) is 3.18. The van der Waals surface area contributed by atoms with Crippen molar-refractivity contribution in [1.82, 2.24) is 0 Å². The van der Waals surface area contributed by atoms with Gasteiger partial charge in [-0.15, -0.1) is 0 Å². The fourth-order valence-electron chi connectivity index (χ4n) is 3.24. The summed E-state index contributed by atoms with van der Waals surface area (Å²) in [5, 5.41) is 0. The number of hydrogen-bond donors (Lipinski definition) is 0. The molecule has 1 aromatic rings. The number of isocyanates is 1. The lowest BCUT2D eigenvalue weighted by atomic mass is 9.87. The summed E-state index contributed by atoms with van der Waals surface area (Å²) in [6.45, 7) is 0. The van der Waals surface area contributed by atoms with Crippen LogP contribution in [-0.2, 0) is 10.3 Å². The molecule has 3 heteroatoms. The Morgan fingerprint density at radius 2 is 2.05 bits per heavy atom. The Bertz CT molecular complexity index is 522. The van der Waals surface area contributed by atoms with E-state index in [2.05, 4.69) is 23.2 Å². The number of ether oxygens (including phenoxy) is 1. The molecule has 0 aliphatic heterocycles. The Hall–Kier alpha value is -1.60. The molecule has 0 spiro atoms. The maximum Gasteiger partial charge on any atom is 0.235 e. The predicted molar refractivity (Wildman–Crippen MR) is 73.2 cm³/mol. The molecule has 0 atom stereocenters. The van der Waals surface area contributed by atoms with Crippen LogP contribution in [0.15, 0.2) is 23.2 Å². The van der Waals surface area contributed by atoms with Crippen molar-refractivity contribution in [2.75, 3.05) is 7.11 Å². The van der Waals surface area contributed by atoms with Crippen LogP contribution in [0.3, 0.4) is 0 Å². The molecule has 0 heterocycles. The maximum absolute atomic E-state index is 10.8. The Labute approximate surface area is 113 Å². The van der Waals surface area contributed by atoms with E-state index in [0.29, 0.717) is 5.92 Å². The van der Waals surface area contributed by atoms with Crippen molar-refractivity contribution in [2.45, 2.75) is 50.0 Å². The summed E-state index contributed by atoms with van der Waals surface area (Å²) in [4.78, 5) is 14.9. The third-order valence-electron chi connectivity index (χ3n) is 4.48. The summed E-state index contributed by atoms with van der Waals surface area (Å²) in [6, 6.07) is 6.37. The van der Waals surface area contributed by atoms with Crippen molar-refractivity contribution in [3.05, 3.63) is 29.3 Å². The van der Waals surface area contributed by atoms with Gasteiger partial charge >= 0.3 is 0 Å². The van der Waals surface area contributed by atoms with Gasteiger partial charge in [-0.3, -0.25) is 0 Å². The van der Waals surface area contributed by atoms with Crippen molar-refractivity contribution in [1.29, 1.82) is 0 Å². The first kappa shape index (κ1) is 12.4. The second-order valence-electron chi connectivity index (χ2n) is 5.67. The summed E-state index contributed by atoms with van der Waals surface area (Å²) in [6.07, 6.45) is 8.41. The van der Waals surface area contributed by atoms with E-state index >= 15 is 0 Å². The third kappa shape index (κ3) is 2.19. The largest absolute Gasteiger partial charge is 0.496 e. The topological polar surface area (TPSA) is 38.7 Å². The molecule has 100 valence electrons. The molecule has 19 heavy (non-hydrogen) atoms. The van der Waals surface area contributed by atoms with Gasteiger partial charge in [0, 0.05) is 0 Å². The van der Waals surface area contributed by atoms with Gasteiger partial charge in [-0.2, -0.15) is 4.99 Å². The lowest BCUT2D eigenvalue weighted by Gasteiger charge is -2.24. The second kappa shape index (κ2) is 4.82. The summed E-state index contributed by atoms with van der Waals surface area (Å²) in [5.74, 6) is 1.62. The molecule has 2 aliphatic rings. The van der Waals surface area contributed by atoms with E-state index in [9.17, 15) is 4.79 Å². The van der Waals surface area contributed by atoms with E-state index in [1.807, 2.05) is 0 Å². The van der Waals surface area contributed by atoms with Crippen LogP contribution in [0.5, 0.6) is 5.75 Å². The molecule has 0 aromatic heterocycles. The zero-order chi connectivity index (χ0) is 13.3. The molecular formula is C16H19NO2. The summed E-state index contributed by atoms with van der Waals surface area (Å²) < 4.78 is 5.53. The number of carbonyl (C=O) groups excluding carboxylic acids is 1. The van der Waals surface area contributed by atoms with Crippen LogP contribution in [0.1, 0.15) is 55.6 Å². The van der Waals surface area contributed by atoms with Crippen LogP contribution in [0, 0.1) is 0 Å². The summed E-state index contributed by atoms with van der Waals surface area (Å²) in [7, 11) is 1.72. The van der Waals surface area contributed by atoms with E-state index in [-0.39, 0.29) is 5.54 Å². The fourth-order valence-corrected chi connectivity index (χ4v) is 3.24. The van der Waals surface area contributed by atoms with Crippen molar-refractivity contribution in [2.24, 2.45) is 4.99 Å². The Morgan fingerprint density at radius 1 is 1.32 bits per heavy atom. The van der Waals surface area contributed by atoms with Gasteiger partial charge in [-0.1, -0.05) is 25.0 Å². The van der Waals surface area contributed by atoms with Gasteiger partial charge in [0.05, 0.1) is 12.6 Å². The van der Waals surface area contributed by atoms with Gasteiger partial charge in [-0.05, 0) is 48.8 Å². The van der Waals surface area contributed by atoms with Crippen molar-refractivity contribution in [3.63, 3.8) is 0 Å². The molecule has 3 nitrogen and oxygen atoms in total. The van der Waals surface area contributed by atoms with E-state index in [0.717, 1.165) is 37.0 Å². The number of nitrogens with zero attached hydrogens (tertiary/aromatic N) is 1. The molecule has 1 aromatic carbocycles. The smallest absolute Gasteiger partial charge is 0.235 e. The van der Waals surface area contributed by atoms with Gasteiger partial charge < -0.3 is 4.74 Å². The van der Waals surface area contributed by atoms with Crippen LogP contribution in [0.2, 0.25) is 0 Å². The van der Waals surface area contributed by atoms with Gasteiger partial charge in [-0.25, -0.2) is 4.79 Å². The SMILES string of the molecule is COc1cc(C2(N=C=O)CCCC2)ccc1C1CC1. The van der Waals surface area contributed by atoms with E-state index in [4.69, 9.17) is 4.74 Å². The van der Waals surface area contributed by atoms with Gasteiger partial charge in [0.15, 0.2) is 0 Å². The van der Waals surface area contributed by atoms with Gasteiger partial charge in [0.25, 0.3) is 0 Å². The molecule has 0 bridgehead atoms. The maximum atomic E-state index is 10.8. The third-order valence-corrected chi connectivity index (χ3v) is 4.48. The molecule has 0 amide bonds. The van der Waals surface area contributed by atoms with Crippen LogP contribution >= 0.6 is 0 Å². The van der Waals surface area contributed by atoms with E-state index in [1.54, 1.807) is 13.2 Å². The monoisotopic (exact) mass is 257 g/mol. The highest BCUT2D eigenvalue weighted by molar-refractivity contribution is 5.46. The van der Waals surface area contributed by atoms with Gasteiger partial charge in [0.2, 0.25) is 6.08 Å². The quantitative estimate of drug-likeness (QED) is 0.609. The molecular weight excluding hydrogens is 238 g/mol. The highest BCUT2D eigenvalue weighted by atomic mass is 16.5. The molecule has 3 rings (SSSR count). The fraction of sp³-hybridized carbons (Fsp3) is 0.562. The lowest BCUT2D eigenvalue weighted by molar-refractivity contribution is 0.403. The second-order valence-corrected chi connectivity index (χ2v) is 5.67. The standard InChI is InChI=1S/C16H19NO2/c1-19-15-10-13(6-7-14(15)12-4-5-12)16(17-11-18)8-2-3-9-16/h6-7,10,12H,2-5,8-9H2,1H3. The Kier molecular flexibility index (Phi) is 3.16. The van der Waals surface area contributed by atoms with Crippen molar-refractivity contribution < 1.29 is 9.53 Å². The van der Waals surface area contributed by atoms with Crippen molar-refractivity contribution >= 4 is 6.08 Å². The summed E-state index contributed by atoms with van der Waals surface area (Å²) in [5.41, 5.74) is 2.06. The molecule has 0 unspecified atom stereocenters.